The highest BCUT2D eigenvalue weighted by Gasteiger charge is 2.42. The quantitative estimate of drug-likeness (QED) is 0.833. The summed E-state index contributed by atoms with van der Waals surface area (Å²) in [5.41, 5.74) is 6.42. The van der Waals surface area contributed by atoms with Crippen LogP contribution < -0.4 is 11.1 Å². The predicted molar refractivity (Wildman–Crippen MR) is 68.5 cm³/mol. The van der Waals surface area contributed by atoms with Crippen molar-refractivity contribution in [3.63, 3.8) is 0 Å². The third kappa shape index (κ3) is 2.51. The van der Waals surface area contributed by atoms with Crippen LogP contribution in [0.2, 0.25) is 0 Å². The molecule has 2 unspecified atom stereocenters. The molecule has 1 aliphatic carbocycles. The van der Waals surface area contributed by atoms with E-state index in [2.05, 4.69) is 15.3 Å². The Kier molecular flexibility index (Phi) is 3.61. The lowest BCUT2D eigenvalue weighted by Gasteiger charge is -2.27. The smallest absolute Gasteiger partial charge is 0.227 e. The van der Waals surface area contributed by atoms with Crippen molar-refractivity contribution < 1.29 is 4.79 Å². The van der Waals surface area contributed by atoms with E-state index in [9.17, 15) is 4.79 Å². The Morgan fingerprint density at radius 1 is 1.67 bits per heavy atom. The minimum atomic E-state index is -0.428. The first-order valence-electron chi connectivity index (χ1n) is 6.35. The third-order valence-corrected chi connectivity index (χ3v) is 3.81. The normalized spacial score (nSPS) is 27.2. The van der Waals surface area contributed by atoms with Crippen molar-refractivity contribution in [3.8, 4) is 0 Å². The Morgan fingerprint density at radius 3 is 3.06 bits per heavy atom. The number of hydrogen-bond acceptors (Lipinski definition) is 4. The van der Waals surface area contributed by atoms with E-state index in [1.807, 2.05) is 19.9 Å². The Morgan fingerprint density at radius 2 is 2.44 bits per heavy atom. The molecule has 1 amide bonds. The van der Waals surface area contributed by atoms with Crippen molar-refractivity contribution in [3.05, 3.63) is 23.8 Å². The van der Waals surface area contributed by atoms with Gasteiger partial charge in [-0.15, -0.1) is 0 Å². The first-order valence-corrected chi connectivity index (χ1v) is 6.35. The molecule has 5 heteroatoms. The van der Waals surface area contributed by atoms with E-state index < -0.39 is 5.41 Å². The van der Waals surface area contributed by atoms with Crippen LogP contribution in [0.15, 0.2) is 12.3 Å². The van der Waals surface area contributed by atoms with Crippen LogP contribution in [-0.4, -0.2) is 21.9 Å². The minimum Gasteiger partial charge on any atom is -0.350 e. The summed E-state index contributed by atoms with van der Waals surface area (Å²) in [5.74, 6) is 0.745. The molecular formula is C13H20N4O. The average Bonchev–Trinajstić information content (AvgIpc) is 2.68. The molecule has 0 spiro atoms. The van der Waals surface area contributed by atoms with Crippen LogP contribution in [0.5, 0.6) is 0 Å². The summed E-state index contributed by atoms with van der Waals surface area (Å²) >= 11 is 0. The number of hydrogen-bond donors (Lipinski definition) is 2. The topological polar surface area (TPSA) is 80.9 Å². The van der Waals surface area contributed by atoms with Gasteiger partial charge in [0.1, 0.15) is 5.82 Å². The maximum atomic E-state index is 12.2. The molecule has 1 aromatic heterocycles. The minimum absolute atomic E-state index is 0.0313. The number of nitrogens with two attached hydrogens (primary N) is 1. The lowest BCUT2D eigenvalue weighted by molar-refractivity contribution is -0.130. The standard InChI is InChI=1S/C13H20N4O/c1-9-15-7-5-10(17-9)8-16-12(18)13(2)6-3-4-11(13)14/h5,7,11H,3-4,6,8,14H2,1-2H3,(H,16,18). The van der Waals surface area contributed by atoms with Gasteiger partial charge in [0.2, 0.25) is 5.91 Å². The zero-order valence-electron chi connectivity index (χ0n) is 10.9. The van der Waals surface area contributed by atoms with E-state index in [1.165, 1.54) is 0 Å². The average molecular weight is 248 g/mol. The lowest BCUT2D eigenvalue weighted by atomic mass is 9.84. The van der Waals surface area contributed by atoms with Gasteiger partial charge < -0.3 is 11.1 Å². The first-order chi connectivity index (χ1) is 8.52. The van der Waals surface area contributed by atoms with Crippen LogP contribution >= 0.6 is 0 Å². The Hall–Kier alpha value is -1.49. The molecule has 0 saturated heterocycles. The number of nitrogens with zero attached hydrogens (tertiary/aromatic N) is 2. The molecule has 0 bridgehead atoms. The Balaban J connectivity index is 1.96. The highest BCUT2D eigenvalue weighted by Crippen LogP contribution is 2.36. The second-order valence-corrected chi connectivity index (χ2v) is 5.19. The molecular weight excluding hydrogens is 228 g/mol. The molecule has 0 radical (unpaired) electrons. The van der Waals surface area contributed by atoms with Crippen LogP contribution in [0.1, 0.15) is 37.7 Å². The third-order valence-electron chi connectivity index (χ3n) is 3.81. The molecule has 2 atom stereocenters. The number of amides is 1. The molecule has 3 N–H and O–H groups in total. The molecule has 1 heterocycles. The summed E-state index contributed by atoms with van der Waals surface area (Å²) in [6.07, 6.45) is 4.52. The van der Waals surface area contributed by atoms with Gasteiger partial charge in [-0.2, -0.15) is 0 Å². The Labute approximate surface area is 107 Å². The van der Waals surface area contributed by atoms with Gasteiger partial charge >= 0.3 is 0 Å². The monoisotopic (exact) mass is 248 g/mol. The summed E-state index contributed by atoms with van der Waals surface area (Å²) in [7, 11) is 0. The predicted octanol–water partition coefficient (Wildman–Crippen LogP) is 0.919. The van der Waals surface area contributed by atoms with Gasteiger partial charge in [0.05, 0.1) is 17.7 Å². The number of carbonyl (C=O) groups excluding carboxylic acids is 1. The summed E-state index contributed by atoms with van der Waals surface area (Å²) in [5, 5.41) is 2.93. The van der Waals surface area contributed by atoms with Crippen molar-refractivity contribution in [2.24, 2.45) is 11.1 Å². The van der Waals surface area contributed by atoms with Crippen LogP contribution in [0, 0.1) is 12.3 Å². The molecule has 1 saturated carbocycles. The highest BCUT2D eigenvalue weighted by molar-refractivity contribution is 5.83. The molecule has 1 aliphatic rings. The molecule has 2 rings (SSSR count). The summed E-state index contributed by atoms with van der Waals surface area (Å²) in [6.45, 7) is 4.22. The second-order valence-electron chi connectivity index (χ2n) is 5.19. The number of aromatic nitrogens is 2. The van der Waals surface area contributed by atoms with Gasteiger partial charge in [-0.1, -0.05) is 6.42 Å². The SMILES string of the molecule is Cc1nccc(CNC(=O)C2(C)CCCC2N)n1. The van der Waals surface area contributed by atoms with Gasteiger partial charge in [0, 0.05) is 12.2 Å². The molecule has 0 aromatic carbocycles. The van der Waals surface area contributed by atoms with Crippen molar-refractivity contribution >= 4 is 5.91 Å². The zero-order chi connectivity index (χ0) is 13.2. The van der Waals surface area contributed by atoms with Crippen LogP contribution in [0.3, 0.4) is 0 Å². The summed E-state index contributed by atoms with van der Waals surface area (Å²) in [4.78, 5) is 20.5. The van der Waals surface area contributed by atoms with E-state index >= 15 is 0 Å². The molecule has 0 aliphatic heterocycles. The summed E-state index contributed by atoms with van der Waals surface area (Å²) in [6, 6.07) is 1.77. The number of aryl methyl sites for hydroxylation is 1. The maximum absolute atomic E-state index is 12.2. The number of nitrogens with one attached hydrogen (secondary N) is 1. The van der Waals surface area contributed by atoms with Crippen molar-refractivity contribution in [1.82, 2.24) is 15.3 Å². The largest absolute Gasteiger partial charge is 0.350 e. The Bertz CT molecular complexity index is 448. The molecule has 5 nitrogen and oxygen atoms in total. The molecule has 18 heavy (non-hydrogen) atoms. The molecule has 98 valence electrons. The van der Waals surface area contributed by atoms with Crippen LogP contribution in [-0.2, 0) is 11.3 Å². The zero-order valence-corrected chi connectivity index (χ0v) is 10.9. The van der Waals surface area contributed by atoms with Gasteiger partial charge in [-0.3, -0.25) is 4.79 Å². The second kappa shape index (κ2) is 5.02. The van der Waals surface area contributed by atoms with E-state index in [1.54, 1.807) is 6.20 Å². The fourth-order valence-electron chi connectivity index (χ4n) is 2.45. The van der Waals surface area contributed by atoms with Gasteiger partial charge in [-0.25, -0.2) is 9.97 Å². The number of carbonyl (C=O) groups is 1. The van der Waals surface area contributed by atoms with Gasteiger partial charge in [0.15, 0.2) is 0 Å². The molecule has 1 fully saturated rings. The summed E-state index contributed by atoms with van der Waals surface area (Å²) < 4.78 is 0. The van der Waals surface area contributed by atoms with Crippen molar-refractivity contribution in [2.45, 2.75) is 45.7 Å². The van der Waals surface area contributed by atoms with Gasteiger partial charge in [-0.05, 0) is 32.8 Å². The van der Waals surface area contributed by atoms with Crippen LogP contribution in [0.25, 0.3) is 0 Å². The fourth-order valence-corrected chi connectivity index (χ4v) is 2.45. The van der Waals surface area contributed by atoms with Crippen molar-refractivity contribution in [2.75, 3.05) is 0 Å². The fraction of sp³-hybridized carbons (Fsp3) is 0.615. The van der Waals surface area contributed by atoms with Crippen LogP contribution in [0.4, 0.5) is 0 Å². The lowest BCUT2D eigenvalue weighted by Crippen LogP contribution is -2.47. The number of rotatable bonds is 3. The van der Waals surface area contributed by atoms with E-state index in [0.717, 1.165) is 25.0 Å². The molecule has 1 aromatic rings. The van der Waals surface area contributed by atoms with Gasteiger partial charge in [0.25, 0.3) is 0 Å². The van der Waals surface area contributed by atoms with E-state index in [-0.39, 0.29) is 11.9 Å². The first kappa shape index (κ1) is 13.0. The maximum Gasteiger partial charge on any atom is 0.227 e. The highest BCUT2D eigenvalue weighted by atomic mass is 16.2. The van der Waals surface area contributed by atoms with E-state index in [4.69, 9.17) is 5.73 Å². The van der Waals surface area contributed by atoms with E-state index in [0.29, 0.717) is 12.4 Å². The van der Waals surface area contributed by atoms with Crippen molar-refractivity contribution in [1.29, 1.82) is 0 Å².